The zero-order valence-electron chi connectivity index (χ0n) is 16.6. The van der Waals surface area contributed by atoms with E-state index in [9.17, 15) is 4.79 Å². The van der Waals surface area contributed by atoms with Crippen molar-refractivity contribution >= 4 is 44.5 Å². The molecule has 4 nitrogen and oxygen atoms in total. The van der Waals surface area contributed by atoms with E-state index < -0.39 is 5.54 Å². The minimum absolute atomic E-state index is 0.0546. The average Bonchev–Trinajstić information content (AvgIpc) is 3.08. The number of fused-ring (bicyclic) bond motifs is 3. The largest absolute Gasteiger partial charge is 0.497 e. The van der Waals surface area contributed by atoms with Crippen LogP contribution in [-0.4, -0.2) is 19.6 Å². The van der Waals surface area contributed by atoms with Gasteiger partial charge in [-0.2, -0.15) is 0 Å². The topological polar surface area (TPSA) is 38.8 Å². The summed E-state index contributed by atoms with van der Waals surface area (Å²) >= 11 is 5.69. The minimum Gasteiger partial charge on any atom is -0.497 e. The third-order valence-electron chi connectivity index (χ3n) is 5.08. The van der Waals surface area contributed by atoms with E-state index in [-0.39, 0.29) is 5.91 Å². The number of nitrogens with zero attached hydrogens (tertiary/aromatic N) is 1. The van der Waals surface area contributed by atoms with Gasteiger partial charge >= 0.3 is 0 Å². The molecule has 29 heavy (non-hydrogen) atoms. The third-order valence-corrected chi connectivity index (χ3v) is 8.41. The van der Waals surface area contributed by atoms with Crippen LogP contribution < -0.4 is 14.4 Å². The quantitative estimate of drug-likeness (QED) is 0.340. The number of benzene rings is 2. The van der Waals surface area contributed by atoms with E-state index in [0.29, 0.717) is 12.2 Å². The van der Waals surface area contributed by atoms with Gasteiger partial charge in [-0.05, 0) is 63.2 Å². The Morgan fingerprint density at radius 2 is 1.72 bits per heavy atom. The van der Waals surface area contributed by atoms with Crippen molar-refractivity contribution in [3.63, 3.8) is 0 Å². The molecule has 2 aromatic carbocycles. The standard InChI is InChI=1S/C22H21NO3S3/c1-5-26-15-10-11-16-17(12-15)18-19(28-29-21(18)27)22(2,3)23(20(16)24)13-6-8-14(25-4)9-7-13/h6-12H,5H2,1-4H3. The molecule has 0 bridgehead atoms. The summed E-state index contributed by atoms with van der Waals surface area (Å²) in [6.07, 6.45) is 0. The number of amides is 1. The molecule has 4 rings (SSSR count). The van der Waals surface area contributed by atoms with Crippen molar-refractivity contribution in [3.05, 3.63) is 56.7 Å². The number of rotatable bonds is 4. The first kappa shape index (κ1) is 20.1. The van der Waals surface area contributed by atoms with Crippen molar-refractivity contribution in [2.24, 2.45) is 0 Å². The summed E-state index contributed by atoms with van der Waals surface area (Å²) in [5.41, 5.74) is 2.71. The monoisotopic (exact) mass is 443 g/mol. The van der Waals surface area contributed by atoms with Gasteiger partial charge < -0.3 is 9.47 Å². The highest BCUT2D eigenvalue weighted by atomic mass is 32.9. The number of ether oxygens (including phenoxy) is 2. The first-order valence-electron chi connectivity index (χ1n) is 9.28. The number of methoxy groups -OCH3 is 1. The van der Waals surface area contributed by atoms with Crippen LogP contribution in [0, 0.1) is 3.82 Å². The van der Waals surface area contributed by atoms with Crippen molar-refractivity contribution in [1.82, 2.24) is 0 Å². The van der Waals surface area contributed by atoms with Crippen molar-refractivity contribution in [1.29, 1.82) is 0 Å². The van der Waals surface area contributed by atoms with Crippen molar-refractivity contribution in [2.75, 3.05) is 18.6 Å². The van der Waals surface area contributed by atoms with Gasteiger partial charge in [0, 0.05) is 22.4 Å². The minimum atomic E-state index is -0.565. The molecular weight excluding hydrogens is 422 g/mol. The Balaban J connectivity index is 1.98. The molecule has 0 saturated carbocycles. The van der Waals surface area contributed by atoms with Crippen LogP contribution in [0.4, 0.5) is 5.69 Å². The van der Waals surface area contributed by atoms with Crippen LogP contribution in [0.1, 0.15) is 36.0 Å². The number of carbonyl (C=O) groups is 1. The number of anilines is 1. The molecule has 0 saturated heterocycles. The molecule has 150 valence electrons. The molecule has 0 spiro atoms. The molecule has 0 fully saturated rings. The Hall–Kier alpha value is -2.22. The van der Waals surface area contributed by atoms with Crippen molar-refractivity contribution < 1.29 is 14.3 Å². The van der Waals surface area contributed by atoms with Crippen LogP contribution in [0.15, 0.2) is 42.5 Å². The molecule has 0 atom stereocenters. The highest BCUT2D eigenvalue weighted by molar-refractivity contribution is 7.80. The zero-order chi connectivity index (χ0) is 20.8. The van der Waals surface area contributed by atoms with Crippen LogP contribution >= 0.6 is 32.9 Å². The van der Waals surface area contributed by atoms with E-state index in [1.165, 1.54) is 0 Å². The van der Waals surface area contributed by atoms with Crippen LogP contribution in [0.2, 0.25) is 0 Å². The second kappa shape index (κ2) is 7.55. The predicted octanol–water partition coefficient (Wildman–Crippen LogP) is 6.51. The SMILES string of the molecule is CCOc1ccc2c(c1)-c1c(ssc1=S)C(C)(C)N(c1ccc(OC)cc1)C2=O. The van der Waals surface area contributed by atoms with Gasteiger partial charge in [-0.25, -0.2) is 0 Å². The molecule has 0 aliphatic carbocycles. The van der Waals surface area contributed by atoms with Crippen LogP contribution in [0.25, 0.3) is 11.1 Å². The van der Waals surface area contributed by atoms with Gasteiger partial charge in [0.05, 0.1) is 24.1 Å². The molecule has 0 N–H and O–H groups in total. The number of hydrogen-bond acceptors (Lipinski definition) is 6. The summed E-state index contributed by atoms with van der Waals surface area (Å²) in [6.45, 7) is 6.65. The molecule has 3 aromatic rings. The van der Waals surface area contributed by atoms with Gasteiger partial charge in [-0.1, -0.05) is 32.9 Å². The van der Waals surface area contributed by atoms with Crippen LogP contribution in [0.5, 0.6) is 11.5 Å². The fourth-order valence-corrected chi connectivity index (χ4v) is 7.00. The normalized spacial score (nSPS) is 14.8. The fraction of sp³-hybridized carbons (Fsp3) is 0.273. The summed E-state index contributed by atoms with van der Waals surface area (Å²) in [7, 11) is 4.85. The Morgan fingerprint density at radius 3 is 2.38 bits per heavy atom. The van der Waals surface area contributed by atoms with Gasteiger partial charge in [0.15, 0.2) is 0 Å². The van der Waals surface area contributed by atoms with Crippen molar-refractivity contribution in [2.45, 2.75) is 26.3 Å². The predicted molar refractivity (Wildman–Crippen MR) is 122 cm³/mol. The maximum Gasteiger partial charge on any atom is 0.259 e. The van der Waals surface area contributed by atoms with E-state index in [1.807, 2.05) is 54.3 Å². The molecule has 0 radical (unpaired) electrons. The Bertz CT molecular complexity index is 1130. The summed E-state index contributed by atoms with van der Waals surface area (Å²) in [5, 5.41) is 0. The number of carbonyl (C=O) groups excluding carboxylic acids is 1. The van der Waals surface area contributed by atoms with E-state index in [1.54, 1.807) is 27.8 Å². The van der Waals surface area contributed by atoms with E-state index in [2.05, 4.69) is 13.8 Å². The Labute approximate surface area is 182 Å². The molecule has 1 aromatic heterocycles. The highest BCUT2D eigenvalue weighted by Gasteiger charge is 2.42. The van der Waals surface area contributed by atoms with E-state index in [0.717, 1.165) is 37.0 Å². The first-order valence-corrected chi connectivity index (χ1v) is 11.8. The summed E-state index contributed by atoms with van der Waals surface area (Å²) in [4.78, 5) is 16.7. The van der Waals surface area contributed by atoms with E-state index >= 15 is 0 Å². The lowest BCUT2D eigenvalue weighted by molar-refractivity contribution is 0.0964. The van der Waals surface area contributed by atoms with Gasteiger partial charge in [0.1, 0.15) is 15.3 Å². The zero-order valence-corrected chi connectivity index (χ0v) is 19.1. The maximum absolute atomic E-state index is 13.8. The van der Waals surface area contributed by atoms with E-state index in [4.69, 9.17) is 21.7 Å². The second-order valence-corrected chi connectivity index (χ2v) is 10.0. The summed E-state index contributed by atoms with van der Waals surface area (Å²) in [5.74, 6) is 1.44. The van der Waals surface area contributed by atoms with Gasteiger partial charge in [0.25, 0.3) is 5.91 Å². The molecule has 0 unspecified atom stereocenters. The van der Waals surface area contributed by atoms with Gasteiger partial charge in [-0.15, -0.1) is 0 Å². The van der Waals surface area contributed by atoms with Crippen molar-refractivity contribution in [3.8, 4) is 22.6 Å². The molecule has 1 aliphatic heterocycles. The second-order valence-electron chi connectivity index (χ2n) is 7.20. The lowest BCUT2D eigenvalue weighted by atomic mass is 9.95. The molecule has 1 aliphatic rings. The summed E-state index contributed by atoms with van der Waals surface area (Å²) < 4.78 is 11.8. The third kappa shape index (κ3) is 3.27. The smallest absolute Gasteiger partial charge is 0.259 e. The molecule has 1 amide bonds. The lowest BCUT2D eigenvalue weighted by Gasteiger charge is -2.37. The summed E-state index contributed by atoms with van der Waals surface area (Å²) in [6, 6.07) is 13.2. The first-order chi connectivity index (χ1) is 13.9. The van der Waals surface area contributed by atoms with Crippen LogP contribution in [0.3, 0.4) is 0 Å². The maximum atomic E-state index is 13.8. The molecule has 2 heterocycles. The Kier molecular flexibility index (Phi) is 5.23. The number of hydrogen-bond donors (Lipinski definition) is 0. The lowest BCUT2D eigenvalue weighted by Crippen LogP contribution is -2.44. The average molecular weight is 444 g/mol. The molecule has 7 heteroatoms. The van der Waals surface area contributed by atoms with Gasteiger partial charge in [-0.3, -0.25) is 9.69 Å². The Morgan fingerprint density at radius 1 is 1.03 bits per heavy atom. The van der Waals surface area contributed by atoms with Gasteiger partial charge in [0.2, 0.25) is 0 Å². The highest BCUT2D eigenvalue weighted by Crippen LogP contribution is 2.49. The molecular formula is C22H21NO3S3. The fourth-order valence-electron chi connectivity index (χ4n) is 3.72. The van der Waals surface area contributed by atoms with Crippen LogP contribution in [-0.2, 0) is 5.54 Å².